The topological polar surface area (TPSA) is 69.6 Å². The molecular weight excluding hydrogens is 392 g/mol. The molecule has 0 saturated carbocycles. The summed E-state index contributed by atoms with van der Waals surface area (Å²) < 4.78 is 0.528. The third-order valence-corrected chi connectivity index (χ3v) is 5.82. The zero-order chi connectivity index (χ0) is 20.1. The number of nitrogens with one attached hydrogen (secondary N) is 1. The molecule has 0 aliphatic carbocycles. The van der Waals surface area contributed by atoms with Crippen LogP contribution in [-0.4, -0.2) is 45.8 Å². The van der Waals surface area contributed by atoms with E-state index in [2.05, 4.69) is 5.32 Å². The van der Waals surface area contributed by atoms with Gasteiger partial charge in [-0.1, -0.05) is 66.4 Å². The number of benzene rings is 2. The van der Waals surface area contributed by atoms with Crippen LogP contribution >= 0.6 is 24.0 Å². The van der Waals surface area contributed by atoms with Crippen molar-refractivity contribution in [2.24, 2.45) is 0 Å². The van der Waals surface area contributed by atoms with Gasteiger partial charge in [-0.05, 0) is 35.8 Å². The first-order chi connectivity index (χ1) is 13.5. The monoisotopic (exact) mass is 412 g/mol. The Hall–Kier alpha value is -2.48. The average Bonchev–Trinajstić information content (AvgIpc) is 2.95. The van der Waals surface area contributed by atoms with Crippen LogP contribution in [-0.2, 0) is 11.2 Å². The maximum Gasteiger partial charge on any atom is 0.265 e. The Bertz CT molecular complexity index is 911. The number of aliphatic hydroxyl groups is 1. The molecule has 7 heteroatoms. The molecule has 2 aromatic carbocycles. The van der Waals surface area contributed by atoms with Gasteiger partial charge in [0.05, 0.1) is 17.6 Å². The second kappa shape index (κ2) is 9.14. The number of thiocarbonyl (C=S) groups is 1. The number of thioether (sulfide) groups is 1. The van der Waals surface area contributed by atoms with Crippen molar-refractivity contribution in [2.75, 3.05) is 13.7 Å². The summed E-state index contributed by atoms with van der Waals surface area (Å²) in [5, 5.41) is 12.4. The summed E-state index contributed by atoms with van der Waals surface area (Å²) >= 11 is 6.38. The van der Waals surface area contributed by atoms with Gasteiger partial charge < -0.3 is 10.4 Å². The van der Waals surface area contributed by atoms with E-state index in [0.29, 0.717) is 21.2 Å². The minimum absolute atomic E-state index is 0.122. The van der Waals surface area contributed by atoms with E-state index in [1.807, 2.05) is 30.3 Å². The molecule has 1 aliphatic heterocycles. The molecular formula is C21H20N2O3S2. The van der Waals surface area contributed by atoms with Gasteiger partial charge in [-0.3, -0.25) is 14.5 Å². The highest BCUT2D eigenvalue weighted by Gasteiger charge is 2.28. The van der Waals surface area contributed by atoms with Gasteiger partial charge in [-0.25, -0.2) is 0 Å². The molecule has 2 aromatic rings. The van der Waals surface area contributed by atoms with Crippen LogP contribution in [0.25, 0.3) is 6.08 Å². The zero-order valence-corrected chi connectivity index (χ0v) is 16.9. The summed E-state index contributed by atoms with van der Waals surface area (Å²) in [6.07, 6.45) is 2.32. The molecule has 1 unspecified atom stereocenters. The summed E-state index contributed by atoms with van der Waals surface area (Å²) in [5.41, 5.74) is 2.35. The van der Waals surface area contributed by atoms with E-state index in [4.69, 9.17) is 12.2 Å². The van der Waals surface area contributed by atoms with Gasteiger partial charge in [0.15, 0.2) is 0 Å². The van der Waals surface area contributed by atoms with Crippen LogP contribution in [0.4, 0.5) is 0 Å². The van der Waals surface area contributed by atoms with Gasteiger partial charge in [0, 0.05) is 12.6 Å². The fourth-order valence-corrected chi connectivity index (χ4v) is 3.94. The Morgan fingerprint density at radius 1 is 1.21 bits per heavy atom. The quantitative estimate of drug-likeness (QED) is 0.564. The number of hydrogen-bond acceptors (Lipinski definition) is 5. The fraction of sp³-hybridized carbons (Fsp3) is 0.190. The van der Waals surface area contributed by atoms with E-state index in [0.717, 1.165) is 11.1 Å². The van der Waals surface area contributed by atoms with E-state index >= 15 is 0 Å². The molecule has 3 rings (SSSR count). The van der Waals surface area contributed by atoms with E-state index < -0.39 is 0 Å². The minimum Gasteiger partial charge on any atom is -0.394 e. The number of likely N-dealkylation sites (N-methyl/N-ethyl adjacent to an activating group) is 1. The van der Waals surface area contributed by atoms with Crippen molar-refractivity contribution in [1.29, 1.82) is 0 Å². The first-order valence-corrected chi connectivity index (χ1v) is 9.97. The molecule has 0 spiro atoms. The highest BCUT2D eigenvalue weighted by Crippen LogP contribution is 2.31. The minimum atomic E-state index is -0.360. The molecule has 5 nitrogen and oxygen atoms in total. The van der Waals surface area contributed by atoms with Gasteiger partial charge >= 0.3 is 0 Å². The summed E-state index contributed by atoms with van der Waals surface area (Å²) in [5.74, 6) is -0.370. The van der Waals surface area contributed by atoms with Crippen molar-refractivity contribution >= 4 is 46.2 Å². The normalized spacial score (nSPS) is 16.5. The van der Waals surface area contributed by atoms with Gasteiger partial charge in [0.2, 0.25) is 0 Å². The molecule has 1 aliphatic rings. The number of carbonyl (C=O) groups excluding carboxylic acids is 2. The number of hydrogen-bond donors (Lipinski definition) is 2. The lowest BCUT2D eigenvalue weighted by Crippen LogP contribution is -2.39. The standard InChI is InChI=1S/C21H20N2O3S2/c1-23-20(26)18(28-21(23)27)12-15-7-9-16(10-8-15)19(25)22-17(13-24)11-14-5-3-2-4-6-14/h2-10,12,17,24H,11,13H2,1H3,(H,22,25)/b18-12-. The predicted octanol–water partition coefficient (Wildman–Crippen LogP) is 2.85. The highest BCUT2D eigenvalue weighted by atomic mass is 32.2. The maximum absolute atomic E-state index is 12.5. The summed E-state index contributed by atoms with van der Waals surface area (Å²) in [7, 11) is 1.65. The summed E-state index contributed by atoms with van der Waals surface area (Å²) in [6.45, 7) is -0.141. The van der Waals surface area contributed by atoms with Crippen molar-refractivity contribution in [1.82, 2.24) is 10.2 Å². The number of amides is 2. The smallest absolute Gasteiger partial charge is 0.265 e. The summed E-state index contributed by atoms with van der Waals surface area (Å²) in [4.78, 5) is 26.5. The molecule has 1 fully saturated rings. The van der Waals surface area contributed by atoms with Gasteiger partial charge in [-0.15, -0.1) is 0 Å². The predicted molar refractivity (Wildman–Crippen MR) is 116 cm³/mol. The van der Waals surface area contributed by atoms with E-state index in [1.54, 1.807) is 37.4 Å². The SMILES string of the molecule is CN1C(=O)/C(=C/c2ccc(C(=O)NC(CO)Cc3ccccc3)cc2)SC1=S. The van der Waals surface area contributed by atoms with Gasteiger partial charge in [0.25, 0.3) is 11.8 Å². The van der Waals surface area contributed by atoms with Crippen LogP contribution in [0.5, 0.6) is 0 Å². The van der Waals surface area contributed by atoms with Crippen LogP contribution in [0.15, 0.2) is 59.5 Å². The molecule has 28 heavy (non-hydrogen) atoms. The molecule has 2 amide bonds. The Kier molecular flexibility index (Phi) is 6.61. The molecule has 0 radical (unpaired) electrons. The Morgan fingerprint density at radius 2 is 1.89 bits per heavy atom. The first-order valence-electron chi connectivity index (χ1n) is 8.75. The Morgan fingerprint density at radius 3 is 2.46 bits per heavy atom. The van der Waals surface area contributed by atoms with E-state index in [9.17, 15) is 14.7 Å². The van der Waals surface area contributed by atoms with Crippen LogP contribution in [0.1, 0.15) is 21.5 Å². The van der Waals surface area contributed by atoms with E-state index in [1.165, 1.54) is 16.7 Å². The molecule has 1 saturated heterocycles. The Labute approximate surface area is 173 Å². The molecule has 0 bridgehead atoms. The second-order valence-electron chi connectivity index (χ2n) is 6.41. The largest absolute Gasteiger partial charge is 0.394 e. The summed E-state index contributed by atoms with van der Waals surface area (Å²) in [6, 6.07) is 16.3. The van der Waals surface area contributed by atoms with Crippen molar-refractivity contribution in [3.05, 3.63) is 76.2 Å². The highest BCUT2D eigenvalue weighted by molar-refractivity contribution is 8.26. The Balaban J connectivity index is 1.65. The molecule has 0 aromatic heterocycles. The van der Waals surface area contributed by atoms with Crippen molar-refractivity contribution in [2.45, 2.75) is 12.5 Å². The fourth-order valence-electron chi connectivity index (χ4n) is 2.76. The van der Waals surface area contributed by atoms with Crippen LogP contribution < -0.4 is 5.32 Å². The van der Waals surface area contributed by atoms with Crippen molar-refractivity contribution in [3.63, 3.8) is 0 Å². The lowest BCUT2D eigenvalue weighted by molar-refractivity contribution is -0.121. The molecule has 144 valence electrons. The number of nitrogens with zero attached hydrogens (tertiary/aromatic N) is 1. The lowest BCUT2D eigenvalue weighted by atomic mass is 10.1. The second-order valence-corrected chi connectivity index (χ2v) is 8.08. The van der Waals surface area contributed by atoms with Crippen LogP contribution in [0.3, 0.4) is 0 Å². The number of rotatable bonds is 6. The number of carbonyl (C=O) groups is 2. The first kappa shape index (κ1) is 20.3. The molecule has 1 atom stereocenters. The lowest BCUT2D eigenvalue weighted by Gasteiger charge is -2.16. The van der Waals surface area contributed by atoms with Gasteiger partial charge in [-0.2, -0.15) is 0 Å². The third-order valence-electron chi connectivity index (χ3n) is 4.34. The molecule has 2 N–H and O–H groups in total. The number of aliphatic hydroxyl groups excluding tert-OH is 1. The molecule has 1 heterocycles. The maximum atomic E-state index is 12.5. The van der Waals surface area contributed by atoms with Crippen LogP contribution in [0.2, 0.25) is 0 Å². The zero-order valence-electron chi connectivity index (χ0n) is 15.3. The van der Waals surface area contributed by atoms with Crippen molar-refractivity contribution in [3.8, 4) is 0 Å². The van der Waals surface area contributed by atoms with Crippen molar-refractivity contribution < 1.29 is 14.7 Å². The van der Waals surface area contributed by atoms with E-state index in [-0.39, 0.29) is 24.5 Å². The third kappa shape index (κ3) is 4.86. The van der Waals surface area contributed by atoms with Gasteiger partial charge in [0.1, 0.15) is 4.32 Å². The van der Waals surface area contributed by atoms with Crippen LogP contribution in [0, 0.1) is 0 Å². The average molecular weight is 413 g/mol.